The normalized spacial score (nSPS) is 17.0. The maximum absolute atomic E-state index is 12.0. The van der Waals surface area contributed by atoms with E-state index < -0.39 is 97.4 Å². The molecule has 2 aromatic heterocycles. The molecule has 2 heterocycles. The van der Waals surface area contributed by atoms with Crippen molar-refractivity contribution in [3.05, 3.63) is 166 Å². The van der Waals surface area contributed by atoms with Gasteiger partial charge in [0, 0.05) is 49.4 Å². The standard InChI is InChI=1S/C65H74N3O.Pt/c1-16-64(14,17-2)53-23-21-24-54(65(15,18-3)19-4)58(53)46-28-31-56(42(6)36-46)68-57-25-20-22-51(59(57)67-61(68)52-35-41(5)34-43(7)60(52)69)47-37-48(39-50(38-47)63(11,12)13)55-40-45(32-33-66-55)44-26-29-49(30-27-44)62(8,9)10;/h20-36,38-40,69H,16-19H2,1-15H3;/q-1;/i6D3,8D3,9D3,10D3,26D,27D,29D,30D,32D,33D,40D;. The second-order valence-corrected chi connectivity index (χ2v) is 20.1. The minimum atomic E-state index is -3.95. The molecule has 70 heavy (non-hydrogen) atoms. The number of para-hydroxylation sites is 1. The monoisotopic (exact) mass is 1130 g/mol. The van der Waals surface area contributed by atoms with E-state index in [9.17, 15) is 13.3 Å². The number of pyridine rings is 1. The summed E-state index contributed by atoms with van der Waals surface area (Å²) in [5, 5.41) is 12.0. The minimum Gasteiger partial charge on any atom is -0.507 e. The second kappa shape index (κ2) is 19.9. The molecular weight excluding hydrogens is 1030 g/mol. The van der Waals surface area contributed by atoms with E-state index in [1.54, 1.807) is 47.9 Å². The largest absolute Gasteiger partial charge is 0.507 e. The van der Waals surface area contributed by atoms with Gasteiger partial charge in [0.25, 0.3) is 0 Å². The van der Waals surface area contributed by atoms with Crippen LogP contribution in [0.5, 0.6) is 5.75 Å². The van der Waals surface area contributed by atoms with Gasteiger partial charge in [0.05, 0.1) is 31.9 Å². The van der Waals surface area contributed by atoms with Crippen molar-refractivity contribution in [3.63, 3.8) is 0 Å². The Labute approximate surface area is 461 Å². The predicted molar refractivity (Wildman–Crippen MR) is 294 cm³/mol. The molecule has 0 spiro atoms. The topological polar surface area (TPSA) is 50.9 Å². The molecule has 0 radical (unpaired) electrons. The van der Waals surface area contributed by atoms with Crippen LogP contribution in [0, 0.1) is 26.8 Å². The maximum atomic E-state index is 12.0. The van der Waals surface area contributed by atoms with Crippen LogP contribution in [0.4, 0.5) is 0 Å². The second-order valence-electron chi connectivity index (χ2n) is 20.1. The third-order valence-corrected chi connectivity index (χ3v) is 14.5. The number of aryl methyl sites for hydroxylation is 3. The number of aromatic hydroxyl groups is 1. The molecule has 8 aromatic rings. The molecule has 0 bridgehead atoms. The summed E-state index contributed by atoms with van der Waals surface area (Å²) in [6.07, 6.45) is 2.58. The van der Waals surface area contributed by atoms with Gasteiger partial charge in [-0.2, -0.15) is 0 Å². The summed E-state index contributed by atoms with van der Waals surface area (Å²) in [6.45, 7) is 8.06. The van der Waals surface area contributed by atoms with Crippen molar-refractivity contribution in [1.82, 2.24) is 14.5 Å². The number of aromatic nitrogens is 3. The van der Waals surface area contributed by atoms with Gasteiger partial charge in [0.2, 0.25) is 0 Å². The van der Waals surface area contributed by atoms with Crippen LogP contribution in [0.25, 0.3) is 72.7 Å². The number of rotatable bonds is 12. The quantitative estimate of drug-likeness (QED) is 0.124. The van der Waals surface area contributed by atoms with Gasteiger partial charge < -0.3 is 5.11 Å². The maximum Gasteiger partial charge on any atom is 0.148 e. The third kappa shape index (κ3) is 9.75. The number of phenols is 1. The molecule has 6 aromatic carbocycles. The van der Waals surface area contributed by atoms with Crippen LogP contribution < -0.4 is 0 Å². The molecule has 366 valence electrons. The van der Waals surface area contributed by atoms with Crippen LogP contribution in [-0.2, 0) is 42.7 Å². The molecule has 0 unspecified atom stereocenters. The van der Waals surface area contributed by atoms with Gasteiger partial charge in [-0.3, -0.25) is 9.55 Å². The minimum absolute atomic E-state index is 0. The van der Waals surface area contributed by atoms with E-state index in [1.165, 1.54) is 0 Å². The predicted octanol–water partition coefficient (Wildman–Crippen LogP) is 17.9. The number of phenolic OH excluding ortho intramolecular Hbond substituents is 1. The van der Waals surface area contributed by atoms with E-state index >= 15 is 0 Å². The van der Waals surface area contributed by atoms with E-state index in [2.05, 4.69) is 70.8 Å². The number of hydrogen-bond donors (Lipinski definition) is 1. The molecule has 8 rings (SSSR count). The van der Waals surface area contributed by atoms with Crippen LogP contribution in [0.15, 0.2) is 121 Å². The Balaban J connectivity index is 0.0000113. The van der Waals surface area contributed by atoms with E-state index in [1.807, 2.05) is 52.0 Å². The fourth-order valence-corrected chi connectivity index (χ4v) is 9.36. The van der Waals surface area contributed by atoms with Crippen molar-refractivity contribution in [1.29, 1.82) is 0 Å². The van der Waals surface area contributed by atoms with Gasteiger partial charge in [0.1, 0.15) is 11.6 Å². The summed E-state index contributed by atoms with van der Waals surface area (Å²) in [5.74, 6) is 0.142. The third-order valence-electron chi connectivity index (χ3n) is 14.5. The van der Waals surface area contributed by atoms with Crippen LogP contribution in [0.2, 0.25) is 0 Å². The summed E-state index contributed by atoms with van der Waals surface area (Å²) in [5.41, 5.74) is -0.0300. The molecule has 0 aliphatic carbocycles. The zero-order chi connectivity index (χ0) is 65.9. The number of imidazole rings is 1. The van der Waals surface area contributed by atoms with Crippen molar-refractivity contribution in [2.24, 2.45) is 0 Å². The molecule has 0 amide bonds. The van der Waals surface area contributed by atoms with Gasteiger partial charge in [-0.25, -0.2) is 4.98 Å². The molecular formula is C65H74N3OPt-. The smallest absolute Gasteiger partial charge is 0.148 e. The fraction of sp³-hybridized carbons (Fsp3) is 0.354. The Morgan fingerprint density at radius 3 is 1.91 bits per heavy atom. The Kier molecular flexibility index (Phi) is 9.22. The molecule has 0 saturated carbocycles. The van der Waals surface area contributed by atoms with Crippen molar-refractivity contribution >= 4 is 11.0 Å². The number of hydrogen-bond acceptors (Lipinski definition) is 3. The van der Waals surface area contributed by atoms with E-state index in [0.717, 1.165) is 53.5 Å². The van der Waals surface area contributed by atoms with Crippen LogP contribution >= 0.6 is 0 Å². The van der Waals surface area contributed by atoms with E-state index in [-0.39, 0.29) is 66.0 Å². The van der Waals surface area contributed by atoms with Gasteiger partial charge in [-0.15, -0.1) is 29.3 Å². The summed E-state index contributed by atoms with van der Waals surface area (Å²) in [7, 11) is 0. The SMILES string of the molecule is [2H]c1nc(-c2[c-]c(-c3cccc4c3nc(-c3cc(C)cc(C)c3O)n4-c3ccc(-c4c(C(C)(CC)CC)cccc4C(C)(CC)CC)cc3C([2H])([2H])[2H])cc(C(C)(C)C)c2)c([2H])c(-c2c([2H])c([2H])c(C(C([2H])([2H])[2H])(C([2H])([2H])[2H])C([2H])([2H])[2H])c([2H])c2[2H])c1[2H].[Pt]. The zero-order valence-electron chi connectivity index (χ0n) is 60.9. The number of nitrogens with zero attached hydrogens (tertiary/aromatic N) is 3. The molecule has 0 aliphatic rings. The summed E-state index contributed by atoms with van der Waals surface area (Å²) in [6, 6.07) is 21.3. The number of benzene rings is 6. The van der Waals surface area contributed by atoms with Crippen molar-refractivity contribution in [2.75, 3.05) is 0 Å². The molecule has 0 saturated heterocycles. The average Bonchev–Trinajstić information content (AvgIpc) is 0.963. The van der Waals surface area contributed by atoms with Crippen LogP contribution in [-0.4, -0.2) is 19.6 Å². The Hall–Kier alpha value is -5.57. The van der Waals surface area contributed by atoms with Crippen molar-refractivity contribution in [3.8, 4) is 67.5 Å². The van der Waals surface area contributed by atoms with E-state index in [0.29, 0.717) is 38.9 Å². The Bertz CT molecular complexity index is 3970. The Morgan fingerprint density at radius 1 is 0.657 bits per heavy atom. The van der Waals surface area contributed by atoms with E-state index in [4.69, 9.17) is 22.8 Å². The van der Waals surface area contributed by atoms with Crippen LogP contribution in [0.3, 0.4) is 0 Å². The first-order valence-corrected chi connectivity index (χ1v) is 23.8. The van der Waals surface area contributed by atoms with Gasteiger partial charge in [-0.05, 0) is 154 Å². The Morgan fingerprint density at radius 2 is 1.30 bits per heavy atom. The van der Waals surface area contributed by atoms with Crippen LogP contribution in [0.1, 0.15) is 174 Å². The summed E-state index contributed by atoms with van der Waals surface area (Å²) >= 11 is 0. The first kappa shape index (κ1) is 32.4. The molecule has 1 N–H and O–H groups in total. The molecule has 4 nitrogen and oxygen atoms in total. The molecule has 5 heteroatoms. The molecule has 0 fully saturated rings. The summed E-state index contributed by atoms with van der Waals surface area (Å²) in [4.78, 5) is 9.69. The average molecular weight is 1130 g/mol. The van der Waals surface area contributed by atoms with Gasteiger partial charge in [0.15, 0.2) is 0 Å². The first-order chi connectivity index (χ1) is 40.5. The van der Waals surface area contributed by atoms with Crippen molar-refractivity contribution < 1.29 is 52.2 Å². The first-order valence-electron chi connectivity index (χ1n) is 33.3. The van der Waals surface area contributed by atoms with Gasteiger partial charge in [-0.1, -0.05) is 167 Å². The zero-order valence-corrected chi connectivity index (χ0v) is 44.2. The van der Waals surface area contributed by atoms with Gasteiger partial charge >= 0.3 is 0 Å². The summed E-state index contributed by atoms with van der Waals surface area (Å²) < 4.78 is 168. The fourth-order valence-electron chi connectivity index (χ4n) is 9.36. The molecule has 0 aliphatic heterocycles. The molecule has 0 atom stereocenters. The number of fused-ring (bicyclic) bond motifs is 1. The van der Waals surface area contributed by atoms with Crippen molar-refractivity contribution in [2.45, 2.75) is 151 Å².